The monoisotopic (exact) mass is 451 g/mol. The van der Waals surface area contributed by atoms with Gasteiger partial charge in [0.15, 0.2) is 0 Å². The normalized spacial score (nSPS) is 15.4. The molecular formula is C24H26FN5O3. The molecule has 0 saturated carbocycles. The number of methoxy groups -OCH3 is 1. The second-order valence-corrected chi connectivity index (χ2v) is 8.00. The zero-order chi connectivity index (χ0) is 23.4. The number of rotatable bonds is 6. The van der Waals surface area contributed by atoms with E-state index in [1.54, 1.807) is 42.6 Å². The van der Waals surface area contributed by atoms with Crippen LogP contribution >= 0.6 is 0 Å². The third-order valence-electron chi connectivity index (χ3n) is 5.60. The molecule has 0 spiro atoms. The molecule has 0 bridgehead atoms. The maximum atomic E-state index is 13.0. The molecular weight excluding hydrogens is 425 g/mol. The van der Waals surface area contributed by atoms with Crippen LogP contribution in [-0.4, -0.2) is 52.6 Å². The Hall–Kier alpha value is -3.88. The van der Waals surface area contributed by atoms with Gasteiger partial charge >= 0.3 is 6.03 Å². The Kier molecular flexibility index (Phi) is 6.58. The predicted molar refractivity (Wildman–Crippen MR) is 121 cm³/mol. The first kappa shape index (κ1) is 22.3. The predicted octanol–water partition coefficient (Wildman–Crippen LogP) is 3.04. The largest absolute Gasteiger partial charge is 0.495 e. The summed E-state index contributed by atoms with van der Waals surface area (Å²) in [6.07, 6.45) is 4.24. The number of carbonyl (C=O) groups is 2. The molecule has 1 aromatic heterocycles. The molecule has 2 N–H and O–H groups in total. The van der Waals surface area contributed by atoms with Gasteiger partial charge in [0.05, 0.1) is 24.8 Å². The number of aromatic nitrogens is 2. The summed E-state index contributed by atoms with van der Waals surface area (Å²) in [5.74, 6) is 0.0285. The molecule has 1 atom stereocenters. The Morgan fingerprint density at radius 1 is 1.21 bits per heavy atom. The maximum Gasteiger partial charge on any atom is 0.317 e. The van der Waals surface area contributed by atoms with Gasteiger partial charge in [0, 0.05) is 37.4 Å². The number of halogens is 1. The zero-order valence-corrected chi connectivity index (χ0v) is 18.5. The number of amides is 3. The van der Waals surface area contributed by atoms with E-state index in [1.165, 1.54) is 12.1 Å². The summed E-state index contributed by atoms with van der Waals surface area (Å²) < 4.78 is 20.3. The van der Waals surface area contributed by atoms with Crippen LogP contribution in [0, 0.1) is 12.7 Å². The van der Waals surface area contributed by atoms with E-state index >= 15 is 0 Å². The fraction of sp³-hybridized carbons (Fsp3) is 0.292. The molecule has 8 nitrogen and oxygen atoms in total. The van der Waals surface area contributed by atoms with Crippen LogP contribution in [0.15, 0.2) is 55.0 Å². The van der Waals surface area contributed by atoms with Crippen LogP contribution in [-0.2, 0) is 6.54 Å². The van der Waals surface area contributed by atoms with Crippen LogP contribution in [0.25, 0.3) is 5.69 Å². The second-order valence-electron chi connectivity index (χ2n) is 8.00. The number of nitrogens with one attached hydrogen (secondary N) is 2. The third kappa shape index (κ3) is 5.31. The van der Waals surface area contributed by atoms with E-state index in [0.717, 1.165) is 16.9 Å². The van der Waals surface area contributed by atoms with Crippen LogP contribution in [0.3, 0.4) is 0 Å². The van der Waals surface area contributed by atoms with Crippen molar-refractivity contribution in [1.82, 2.24) is 25.1 Å². The van der Waals surface area contributed by atoms with Gasteiger partial charge in [-0.3, -0.25) is 4.79 Å². The number of ether oxygens (including phenoxy) is 1. The molecule has 9 heteroatoms. The highest BCUT2D eigenvalue weighted by Gasteiger charge is 2.27. The SMILES string of the molecule is COc1cc(C(=O)NC2CCN(C(=O)NCc3ccc(F)cc3)C2)ccc1-n1cnc(C)c1. The van der Waals surface area contributed by atoms with Gasteiger partial charge in [-0.05, 0) is 49.2 Å². The number of hydrogen-bond donors (Lipinski definition) is 2. The van der Waals surface area contributed by atoms with Crippen molar-refractivity contribution in [1.29, 1.82) is 0 Å². The summed E-state index contributed by atoms with van der Waals surface area (Å²) in [7, 11) is 1.56. The number of aryl methyl sites for hydroxylation is 1. The molecule has 172 valence electrons. The van der Waals surface area contributed by atoms with E-state index in [-0.39, 0.29) is 23.8 Å². The molecule has 3 amide bonds. The number of nitrogens with zero attached hydrogens (tertiary/aromatic N) is 3. The minimum atomic E-state index is -0.313. The molecule has 0 aliphatic carbocycles. The molecule has 2 aromatic carbocycles. The van der Waals surface area contributed by atoms with E-state index in [9.17, 15) is 14.0 Å². The standard InChI is InChI=1S/C24H26FN5O3/c1-16-13-30(15-27-16)21-8-5-18(11-22(21)33-2)23(31)28-20-9-10-29(14-20)24(32)26-12-17-3-6-19(25)7-4-17/h3-8,11,13,15,20H,9-10,12,14H2,1-2H3,(H,26,32)(H,28,31). The van der Waals surface area contributed by atoms with Gasteiger partial charge in [0.2, 0.25) is 0 Å². The highest BCUT2D eigenvalue weighted by molar-refractivity contribution is 5.95. The molecule has 1 saturated heterocycles. The summed E-state index contributed by atoms with van der Waals surface area (Å²) in [5.41, 5.74) is 2.97. The molecule has 1 fully saturated rings. The smallest absolute Gasteiger partial charge is 0.317 e. The fourth-order valence-electron chi connectivity index (χ4n) is 3.81. The van der Waals surface area contributed by atoms with Crippen molar-refractivity contribution in [3.05, 3.63) is 77.6 Å². The molecule has 33 heavy (non-hydrogen) atoms. The van der Waals surface area contributed by atoms with E-state index in [2.05, 4.69) is 15.6 Å². The van der Waals surface area contributed by atoms with Crippen molar-refractivity contribution in [3.8, 4) is 11.4 Å². The van der Waals surface area contributed by atoms with Crippen LogP contribution in [0.2, 0.25) is 0 Å². The van der Waals surface area contributed by atoms with E-state index in [0.29, 0.717) is 37.4 Å². The number of carbonyl (C=O) groups excluding carboxylic acids is 2. The first-order valence-electron chi connectivity index (χ1n) is 10.7. The topological polar surface area (TPSA) is 88.5 Å². The lowest BCUT2D eigenvalue weighted by molar-refractivity contribution is 0.0937. The Labute approximate surface area is 191 Å². The quantitative estimate of drug-likeness (QED) is 0.603. The summed E-state index contributed by atoms with van der Waals surface area (Å²) in [5, 5.41) is 5.83. The number of likely N-dealkylation sites (tertiary alicyclic amines) is 1. The average Bonchev–Trinajstić information content (AvgIpc) is 3.47. The van der Waals surface area contributed by atoms with Gasteiger partial charge in [0.1, 0.15) is 11.6 Å². The Bertz CT molecular complexity index is 1150. The minimum absolute atomic E-state index is 0.143. The lowest BCUT2D eigenvalue weighted by Gasteiger charge is -2.18. The molecule has 1 aliphatic rings. The lowest BCUT2D eigenvalue weighted by atomic mass is 10.1. The Morgan fingerprint density at radius 3 is 2.70 bits per heavy atom. The van der Waals surface area contributed by atoms with Gasteiger partial charge < -0.3 is 24.8 Å². The van der Waals surface area contributed by atoms with Crippen molar-refractivity contribution in [3.63, 3.8) is 0 Å². The van der Waals surface area contributed by atoms with Crippen LogP contribution in [0.1, 0.15) is 28.0 Å². The first-order valence-corrected chi connectivity index (χ1v) is 10.7. The van der Waals surface area contributed by atoms with Gasteiger partial charge in [-0.2, -0.15) is 0 Å². The minimum Gasteiger partial charge on any atom is -0.495 e. The maximum absolute atomic E-state index is 13.0. The fourth-order valence-corrected chi connectivity index (χ4v) is 3.81. The number of hydrogen-bond acceptors (Lipinski definition) is 4. The van der Waals surface area contributed by atoms with Gasteiger partial charge in [-0.1, -0.05) is 12.1 Å². The number of benzene rings is 2. The van der Waals surface area contributed by atoms with Gasteiger partial charge in [-0.25, -0.2) is 14.2 Å². The second kappa shape index (κ2) is 9.72. The van der Waals surface area contributed by atoms with Crippen molar-refractivity contribution in [2.45, 2.75) is 25.9 Å². The van der Waals surface area contributed by atoms with Crippen LogP contribution in [0.5, 0.6) is 5.75 Å². The molecule has 2 heterocycles. The van der Waals surface area contributed by atoms with Crippen molar-refractivity contribution >= 4 is 11.9 Å². The van der Waals surface area contributed by atoms with E-state index < -0.39 is 0 Å². The molecule has 1 unspecified atom stereocenters. The van der Waals surface area contributed by atoms with Crippen LogP contribution in [0.4, 0.5) is 9.18 Å². The molecule has 4 rings (SSSR count). The summed E-state index contributed by atoms with van der Waals surface area (Å²) in [6, 6.07) is 10.9. The first-order chi connectivity index (χ1) is 15.9. The summed E-state index contributed by atoms with van der Waals surface area (Å²) in [6.45, 7) is 3.18. The van der Waals surface area contributed by atoms with Crippen molar-refractivity contribution in [2.75, 3.05) is 20.2 Å². The van der Waals surface area contributed by atoms with Gasteiger partial charge in [-0.15, -0.1) is 0 Å². The molecule has 0 radical (unpaired) electrons. The summed E-state index contributed by atoms with van der Waals surface area (Å²) >= 11 is 0. The van der Waals surface area contributed by atoms with E-state index in [1.807, 2.05) is 23.8 Å². The third-order valence-corrected chi connectivity index (χ3v) is 5.60. The zero-order valence-electron chi connectivity index (χ0n) is 18.5. The highest BCUT2D eigenvalue weighted by Crippen LogP contribution is 2.25. The highest BCUT2D eigenvalue weighted by atomic mass is 19.1. The van der Waals surface area contributed by atoms with Crippen molar-refractivity contribution < 1.29 is 18.7 Å². The number of urea groups is 1. The Morgan fingerprint density at radius 2 is 2.00 bits per heavy atom. The van der Waals surface area contributed by atoms with E-state index in [4.69, 9.17) is 4.74 Å². The average molecular weight is 452 g/mol. The lowest BCUT2D eigenvalue weighted by Crippen LogP contribution is -2.42. The summed E-state index contributed by atoms with van der Waals surface area (Å²) in [4.78, 5) is 31.1. The Balaban J connectivity index is 1.32. The van der Waals surface area contributed by atoms with Crippen LogP contribution < -0.4 is 15.4 Å². The number of imidazole rings is 1. The van der Waals surface area contributed by atoms with Gasteiger partial charge in [0.25, 0.3) is 5.91 Å². The molecule has 3 aromatic rings. The molecule has 1 aliphatic heterocycles. The van der Waals surface area contributed by atoms with Crippen molar-refractivity contribution in [2.24, 2.45) is 0 Å².